The Bertz CT molecular complexity index is 182. The van der Waals surface area contributed by atoms with E-state index in [0.717, 1.165) is 32.0 Å². The summed E-state index contributed by atoms with van der Waals surface area (Å²) >= 11 is 0. The molecule has 0 aliphatic carbocycles. The monoisotopic (exact) mass is 198 g/mol. The molecule has 0 aromatic rings. The number of nitrogens with two attached hydrogens (primary N) is 1. The molecule has 0 aromatic heterocycles. The van der Waals surface area contributed by atoms with Gasteiger partial charge in [0.2, 0.25) is 0 Å². The molecule has 2 fully saturated rings. The maximum absolute atomic E-state index is 6.04. The predicted octanol–water partition coefficient (Wildman–Crippen LogP) is 0.833. The van der Waals surface area contributed by atoms with Crippen molar-refractivity contribution >= 4 is 0 Å². The van der Waals surface area contributed by atoms with Gasteiger partial charge in [-0.25, -0.2) is 0 Å². The SMILES string of the molecule is CC(C)CN1[C@@H]2COC[C@H]1C[C@@H](N)C2. The molecule has 3 heteroatoms. The Morgan fingerprint density at radius 2 is 1.86 bits per heavy atom. The smallest absolute Gasteiger partial charge is 0.0623 e. The van der Waals surface area contributed by atoms with Crippen molar-refractivity contribution in [2.75, 3.05) is 19.8 Å². The first-order valence-electron chi connectivity index (χ1n) is 5.76. The normalized spacial score (nSPS) is 39.0. The minimum Gasteiger partial charge on any atom is -0.378 e. The van der Waals surface area contributed by atoms with Crippen molar-refractivity contribution in [3.8, 4) is 0 Å². The quantitative estimate of drug-likeness (QED) is 0.714. The third-order valence-corrected chi connectivity index (χ3v) is 3.28. The van der Waals surface area contributed by atoms with E-state index in [1.807, 2.05) is 0 Å². The average Bonchev–Trinajstić information content (AvgIpc) is 2.05. The standard InChI is InChI=1S/C11H22N2O/c1-8(2)5-13-10-3-9(12)4-11(13)7-14-6-10/h8-11H,3-7,12H2,1-2H3/t9-,10-,11+. The highest BCUT2D eigenvalue weighted by Gasteiger charge is 2.37. The summed E-state index contributed by atoms with van der Waals surface area (Å²) in [5.41, 5.74) is 6.04. The zero-order valence-electron chi connectivity index (χ0n) is 9.28. The molecule has 0 saturated carbocycles. The second-order valence-electron chi connectivity index (χ2n) is 5.17. The second kappa shape index (κ2) is 4.17. The van der Waals surface area contributed by atoms with Gasteiger partial charge < -0.3 is 10.5 Å². The van der Waals surface area contributed by atoms with E-state index in [-0.39, 0.29) is 0 Å². The minimum absolute atomic E-state index is 0.400. The Morgan fingerprint density at radius 1 is 1.29 bits per heavy atom. The van der Waals surface area contributed by atoms with Crippen LogP contribution in [0.5, 0.6) is 0 Å². The minimum atomic E-state index is 0.400. The van der Waals surface area contributed by atoms with Gasteiger partial charge in [-0.15, -0.1) is 0 Å². The highest BCUT2D eigenvalue weighted by Crippen LogP contribution is 2.27. The predicted molar refractivity (Wildman–Crippen MR) is 57.1 cm³/mol. The molecular formula is C11H22N2O. The van der Waals surface area contributed by atoms with E-state index in [1.54, 1.807) is 0 Å². The second-order valence-corrected chi connectivity index (χ2v) is 5.17. The van der Waals surface area contributed by atoms with Crippen LogP contribution >= 0.6 is 0 Å². The lowest BCUT2D eigenvalue weighted by molar-refractivity contribution is -0.0817. The third-order valence-electron chi connectivity index (χ3n) is 3.28. The van der Waals surface area contributed by atoms with Crippen LogP contribution < -0.4 is 5.73 Å². The Balaban J connectivity index is 2.01. The average molecular weight is 198 g/mol. The van der Waals surface area contributed by atoms with Crippen molar-refractivity contribution in [2.45, 2.75) is 44.8 Å². The summed E-state index contributed by atoms with van der Waals surface area (Å²) in [6.07, 6.45) is 2.23. The molecular weight excluding hydrogens is 176 g/mol. The molecule has 2 aliphatic heterocycles. The van der Waals surface area contributed by atoms with Crippen molar-refractivity contribution < 1.29 is 4.74 Å². The summed E-state index contributed by atoms with van der Waals surface area (Å²) in [5, 5.41) is 0. The summed E-state index contributed by atoms with van der Waals surface area (Å²) in [6.45, 7) is 7.54. The Labute approximate surface area is 86.6 Å². The van der Waals surface area contributed by atoms with Crippen LogP contribution in [-0.4, -0.2) is 42.8 Å². The Hall–Kier alpha value is -0.120. The lowest BCUT2D eigenvalue weighted by Gasteiger charge is -2.48. The van der Waals surface area contributed by atoms with Crippen LogP contribution in [0.1, 0.15) is 26.7 Å². The Kier molecular flexibility index (Phi) is 3.10. The number of hydrogen-bond acceptors (Lipinski definition) is 3. The van der Waals surface area contributed by atoms with Crippen molar-refractivity contribution in [1.82, 2.24) is 4.90 Å². The fourth-order valence-electron chi connectivity index (χ4n) is 2.75. The van der Waals surface area contributed by atoms with Crippen molar-refractivity contribution in [2.24, 2.45) is 11.7 Å². The molecule has 2 aliphatic rings. The van der Waals surface area contributed by atoms with Crippen molar-refractivity contribution in [3.05, 3.63) is 0 Å². The number of piperidine rings is 1. The number of hydrogen-bond donors (Lipinski definition) is 1. The highest BCUT2D eigenvalue weighted by atomic mass is 16.5. The van der Waals surface area contributed by atoms with E-state index < -0.39 is 0 Å². The van der Waals surface area contributed by atoms with E-state index in [2.05, 4.69) is 18.7 Å². The largest absolute Gasteiger partial charge is 0.378 e. The fourth-order valence-corrected chi connectivity index (χ4v) is 2.75. The van der Waals surface area contributed by atoms with E-state index >= 15 is 0 Å². The first-order chi connectivity index (χ1) is 6.66. The molecule has 0 amide bonds. The fraction of sp³-hybridized carbons (Fsp3) is 1.00. The summed E-state index contributed by atoms with van der Waals surface area (Å²) in [7, 11) is 0. The molecule has 3 nitrogen and oxygen atoms in total. The van der Waals surface area contributed by atoms with Gasteiger partial charge in [-0.3, -0.25) is 4.90 Å². The maximum Gasteiger partial charge on any atom is 0.0623 e. The highest BCUT2D eigenvalue weighted by molar-refractivity contribution is 4.93. The third kappa shape index (κ3) is 2.10. The van der Waals surface area contributed by atoms with Gasteiger partial charge in [0.1, 0.15) is 0 Å². The summed E-state index contributed by atoms with van der Waals surface area (Å²) in [4.78, 5) is 2.62. The number of nitrogens with zero attached hydrogens (tertiary/aromatic N) is 1. The van der Waals surface area contributed by atoms with E-state index in [4.69, 9.17) is 10.5 Å². The van der Waals surface area contributed by atoms with Crippen LogP contribution in [-0.2, 0) is 4.74 Å². The van der Waals surface area contributed by atoms with E-state index in [9.17, 15) is 0 Å². The molecule has 0 spiro atoms. The molecule has 3 atom stereocenters. The summed E-state index contributed by atoms with van der Waals surface area (Å²) < 4.78 is 5.60. The molecule has 0 radical (unpaired) electrons. The topological polar surface area (TPSA) is 38.5 Å². The molecule has 2 N–H and O–H groups in total. The zero-order valence-corrected chi connectivity index (χ0v) is 9.28. The van der Waals surface area contributed by atoms with Gasteiger partial charge in [0.25, 0.3) is 0 Å². The molecule has 0 unspecified atom stereocenters. The Morgan fingerprint density at radius 3 is 2.36 bits per heavy atom. The molecule has 2 rings (SSSR count). The molecule has 2 bridgehead atoms. The van der Waals surface area contributed by atoms with Gasteiger partial charge in [-0.1, -0.05) is 13.8 Å². The van der Waals surface area contributed by atoms with Gasteiger partial charge in [-0.05, 0) is 18.8 Å². The van der Waals surface area contributed by atoms with Crippen LogP contribution in [0.4, 0.5) is 0 Å². The number of rotatable bonds is 2. The van der Waals surface area contributed by atoms with Crippen LogP contribution in [0.2, 0.25) is 0 Å². The lowest BCUT2D eigenvalue weighted by atomic mass is 9.90. The summed E-state index contributed by atoms with van der Waals surface area (Å²) in [6, 6.07) is 1.57. The maximum atomic E-state index is 6.04. The van der Waals surface area contributed by atoms with Gasteiger partial charge in [0.15, 0.2) is 0 Å². The van der Waals surface area contributed by atoms with Gasteiger partial charge >= 0.3 is 0 Å². The van der Waals surface area contributed by atoms with Crippen LogP contribution in [0.25, 0.3) is 0 Å². The number of morpholine rings is 1. The van der Waals surface area contributed by atoms with Gasteiger partial charge in [-0.2, -0.15) is 0 Å². The first-order valence-corrected chi connectivity index (χ1v) is 5.76. The lowest BCUT2D eigenvalue weighted by Crippen LogP contribution is -2.60. The van der Waals surface area contributed by atoms with Gasteiger partial charge in [0, 0.05) is 24.7 Å². The van der Waals surface area contributed by atoms with E-state index in [1.165, 1.54) is 6.54 Å². The van der Waals surface area contributed by atoms with Crippen molar-refractivity contribution in [1.29, 1.82) is 0 Å². The number of fused-ring (bicyclic) bond motifs is 2. The van der Waals surface area contributed by atoms with Crippen molar-refractivity contribution in [3.63, 3.8) is 0 Å². The van der Waals surface area contributed by atoms with E-state index in [0.29, 0.717) is 18.1 Å². The molecule has 2 heterocycles. The molecule has 0 aromatic carbocycles. The number of ether oxygens (including phenoxy) is 1. The van der Waals surface area contributed by atoms with Crippen LogP contribution in [0, 0.1) is 5.92 Å². The summed E-state index contributed by atoms with van der Waals surface area (Å²) in [5.74, 6) is 0.743. The first kappa shape index (κ1) is 10.4. The molecule has 14 heavy (non-hydrogen) atoms. The zero-order chi connectivity index (χ0) is 10.1. The van der Waals surface area contributed by atoms with Crippen LogP contribution in [0.15, 0.2) is 0 Å². The van der Waals surface area contributed by atoms with Crippen LogP contribution in [0.3, 0.4) is 0 Å². The van der Waals surface area contributed by atoms with Gasteiger partial charge in [0.05, 0.1) is 13.2 Å². The molecule has 2 saturated heterocycles. The molecule has 82 valence electrons.